The summed E-state index contributed by atoms with van der Waals surface area (Å²) in [6, 6.07) is 4.95. The molecule has 2 rings (SSSR count). The zero-order valence-electron chi connectivity index (χ0n) is 13.5. The Kier molecular flexibility index (Phi) is 6.68. The van der Waals surface area contributed by atoms with Crippen molar-refractivity contribution < 1.29 is 14.8 Å². The van der Waals surface area contributed by atoms with Gasteiger partial charge in [-0.25, -0.2) is 5.43 Å². The predicted molar refractivity (Wildman–Crippen MR) is 91.2 cm³/mol. The summed E-state index contributed by atoms with van der Waals surface area (Å²) >= 11 is 0. The molecule has 1 aliphatic rings. The van der Waals surface area contributed by atoms with Crippen LogP contribution in [-0.2, 0) is 4.79 Å². The van der Waals surface area contributed by atoms with Crippen LogP contribution in [0.5, 0.6) is 0 Å². The van der Waals surface area contributed by atoms with Crippen LogP contribution in [0, 0.1) is 10.1 Å². The van der Waals surface area contributed by atoms with Crippen LogP contribution in [-0.4, -0.2) is 41.8 Å². The van der Waals surface area contributed by atoms with E-state index in [4.69, 9.17) is 5.11 Å². The van der Waals surface area contributed by atoms with Crippen LogP contribution >= 0.6 is 0 Å². The highest BCUT2D eigenvalue weighted by Crippen LogP contribution is 2.30. The van der Waals surface area contributed by atoms with Gasteiger partial charge in [0, 0.05) is 37.7 Å². The highest BCUT2D eigenvalue weighted by Gasteiger charge is 2.21. The van der Waals surface area contributed by atoms with Gasteiger partial charge in [-0.3, -0.25) is 14.9 Å². The number of nitro groups is 1. The molecule has 0 spiro atoms. The molecule has 1 aromatic carbocycles. The van der Waals surface area contributed by atoms with E-state index in [1.54, 1.807) is 12.1 Å². The number of carbonyl (C=O) groups is 1. The summed E-state index contributed by atoms with van der Waals surface area (Å²) in [5.74, 6) is -0.306. The molecular weight excluding hydrogens is 312 g/mol. The van der Waals surface area contributed by atoms with Gasteiger partial charge < -0.3 is 10.0 Å². The molecule has 130 valence electrons. The molecule has 8 nitrogen and oxygen atoms in total. The van der Waals surface area contributed by atoms with Crippen molar-refractivity contribution in [1.82, 2.24) is 5.43 Å². The first kappa shape index (κ1) is 17.9. The lowest BCUT2D eigenvalue weighted by atomic mass is 10.1. The van der Waals surface area contributed by atoms with Gasteiger partial charge in [0.1, 0.15) is 5.69 Å². The van der Waals surface area contributed by atoms with Crippen molar-refractivity contribution in [2.45, 2.75) is 32.1 Å². The summed E-state index contributed by atoms with van der Waals surface area (Å²) in [5, 5.41) is 23.8. The van der Waals surface area contributed by atoms with Crippen LogP contribution < -0.4 is 10.3 Å². The van der Waals surface area contributed by atoms with Crippen LogP contribution in [0.2, 0.25) is 0 Å². The highest BCUT2D eigenvalue weighted by atomic mass is 16.6. The molecular formula is C16H22N4O4. The molecule has 0 aromatic heterocycles. The van der Waals surface area contributed by atoms with Crippen LogP contribution in [0.4, 0.5) is 11.4 Å². The zero-order chi connectivity index (χ0) is 17.4. The number of benzene rings is 1. The van der Waals surface area contributed by atoms with Crippen LogP contribution in [0.25, 0.3) is 0 Å². The van der Waals surface area contributed by atoms with Gasteiger partial charge in [-0.2, -0.15) is 5.10 Å². The van der Waals surface area contributed by atoms with E-state index in [1.165, 1.54) is 12.3 Å². The van der Waals surface area contributed by atoms with Crippen molar-refractivity contribution in [2.24, 2.45) is 5.10 Å². The van der Waals surface area contributed by atoms with Crippen molar-refractivity contribution in [1.29, 1.82) is 0 Å². The van der Waals surface area contributed by atoms with Crippen LogP contribution in [0.3, 0.4) is 0 Å². The van der Waals surface area contributed by atoms with Crippen LogP contribution in [0.15, 0.2) is 23.3 Å². The number of carbonyl (C=O) groups excluding carboxylic acids is 1. The summed E-state index contributed by atoms with van der Waals surface area (Å²) < 4.78 is 0. The van der Waals surface area contributed by atoms with Gasteiger partial charge in [-0.1, -0.05) is 6.07 Å². The van der Waals surface area contributed by atoms with Gasteiger partial charge >= 0.3 is 0 Å². The molecule has 1 heterocycles. The Labute approximate surface area is 140 Å². The van der Waals surface area contributed by atoms with E-state index in [1.807, 2.05) is 4.90 Å². The molecule has 1 aliphatic heterocycles. The second kappa shape index (κ2) is 8.97. The Hall–Kier alpha value is -2.48. The third-order valence-corrected chi connectivity index (χ3v) is 3.86. The number of hydrogen-bond donors (Lipinski definition) is 2. The third-order valence-electron chi connectivity index (χ3n) is 3.86. The van der Waals surface area contributed by atoms with E-state index < -0.39 is 0 Å². The number of amides is 1. The molecule has 0 aliphatic carbocycles. The quantitative estimate of drug-likeness (QED) is 0.449. The molecule has 1 fully saturated rings. The number of hydrogen-bond acceptors (Lipinski definition) is 6. The fourth-order valence-electron chi connectivity index (χ4n) is 2.64. The lowest BCUT2D eigenvalue weighted by Crippen LogP contribution is -2.29. The molecule has 0 radical (unpaired) electrons. The molecule has 1 saturated heterocycles. The molecule has 1 aromatic rings. The SMILES string of the molecule is O=C(CCCO)NN=Cc1ccc(N2CCCCC2)c([N+](=O)[O-])c1. The molecule has 0 saturated carbocycles. The van der Waals surface area contributed by atoms with E-state index in [2.05, 4.69) is 10.5 Å². The van der Waals surface area contributed by atoms with Crippen molar-refractivity contribution in [2.75, 3.05) is 24.6 Å². The molecule has 8 heteroatoms. The summed E-state index contributed by atoms with van der Waals surface area (Å²) in [4.78, 5) is 24.4. The third kappa shape index (κ3) is 5.02. The molecule has 0 bridgehead atoms. The number of nitro benzene ring substituents is 1. The van der Waals surface area contributed by atoms with Crippen molar-refractivity contribution in [3.8, 4) is 0 Å². The average molecular weight is 334 g/mol. The van der Waals surface area contributed by atoms with Gasteiger partial charge in [-0.15, -0.1) is 0 Å². The van der Waals surface area contributed by atoms with Crippen molar-refractivity contribution >= 4 is 23.5 Å². The Bertz CT molecular complexity index is 612. The van der Waals surface area contributed by atoms with E-state index in [0.717, 1.165) is 32.4 Å². The lowest BCUT2D eigenvalue weighted by Gasteiger charge is -2.28. The summed E-state index contributed by atoms with van der Waals surface area (Å²) in [7, 11) is 0. The Morgan fingerprint density at radius 2 is 2.12 bits per heavy atom. The smallest absolute Gasteiger partial charge is 0.293 e. The van der Waals surface area contributed by atoms with Gasteiger partial charge in [0.05, 0.1) is 11.1 Å². The average Bonchev–Trinajstić information content (AvgIpc) is 2.60. The van der Waals surface area contributed by atoms with Crippen molar-refractivity contribution in [3.63, 3.8) is 0 Å². The van der Waals surface area contributed by atoms with E-state index in [0.29, 0.717) is 17.7 Å². The first-order chi connectivity index (χ1) is 11.6. The van der Waals surface area contributed by atoms with Crippen molar-refractivity contribution in [3.05, 3.63) is 33.9 Å². The number of rotatable bonds is 7. The summed E-state index contributed by atoms with van der Waals surface area (Å²) in [6.07, 6.45) is 5.18. The molecule has 24 heavy (non-hydrogen) atoms. The minimum atomic E-state index is -0.388. The number of aliphatic hydroxyl groups is 1. The number of piperidine rings is 1. The maximum absolute atomic E-state index is 11.4. The van der Waals surface area contributed by atoms with E-state index in [9.17, 15) is 14.9 Å². The normalized spacial score (nSPS) is 14.8. The number of nitrogens with one attached hydrogen (secondary N) is 1. The van der Waals surface area contributed by atoms with Gasteiger partial charge in [0.15, 0.2) is 0 Å². The Balaban J connectivity index is 2.07. The largest absolute Gasteiger partial charge is 0.396 e. The Morgan fingerprint density at radius 1 is 1.38 bits per heavy atom. The molecule has 1 amide bonds. The lowest BCUT2D eigenvalue weighted by molar-refractivity contribution is -0.384. The minimum Gasteiger partial charge on any atom is -0.396 e. The number of anilines is 1. The first-order valence-corrected chi connectivity index (χ1v) is 8.08. The molecule has 0 atom stereocenters. The highest BCUT2D eigenvalue weighted by molar-refractivity contribution is 5.84. The van der Waals surface area contributed by atoms with E-state index in [-0.39, 0.29) is 29.5 Å². The summed E-state index contributed by atoms with van der Waals surface area (Å²) in [5.41, 5.74) is 3.56. The first-order valence-electron chi connectivity index (χ1n) is 8.08. The summed E-state index contributed by atoms with van der Waals surface area (Å²) in [6.45, 7) is 1.60. The topological polar surface area (TPSA) is 108 Å². The van der Waals surface area contributed by atoms with Gasteiger partial charge in [0.25, 0.3) is 5.69 Å². The van der Waals surface area contributed by atoms with Gasteiger partial charge in [0.2, 0.25) is 5.91 Å². The molecule has 0 unspecified atom stereocenters. The minimum absolute atomic E-state index is 0.0486. The Morgan fingerprint density at radius 3 is 2.79 bits per heavy atom. The number of aliphatic hydroxyl groups excluding tert-OH is 1. The predicted octanol–water partition coefficient (Wildman–Crippen LogP) is 1.81. The second-order valence-corrected chi connectivity index (χ2v) is 5.67. The molecule has 2 N–H and O–H groups in total. The van der Waals surface area contributed by atoms with Crippen LogP contribution in [0.1, 0.15) is 37.7 Å². The number of nitrogens with zero attached hydrogens (tertiary/aromatic N) is 3. The van der Waals surface area contributed by atoms with E-state index >= 15 is 0 Å². The maximum atomic E-state index is 11.4. The standard InChI is InChI=1S/C16H22N4O4/c21-10-4-5-16(22)18-17-12-13-6-7-14(15(11-13)20(23)24)19-8-2-1-3-9-19/h6-7,11-12,21H,1-5,8-10H2,(H,18,22). The maximum Gasteiger partial charge on any atom is 0.293 e. The zero-order valence-corrected chi connectivity index (χ0v) is 13.5. The fourth-order valence-corrected chi connectivity index (χ4v) is 2.64. The monoisotopic (exact) mass is 334 g/mol. The fraction of sp³-hybridized carbons (Fsp3) is 0.500. The van der Waals surface area contributed by atoms with Gasteiger partial charge in [-0.05, 0) is 31.7 Å². The second-order valence-electron chi connectivity index (χ2n) is 5.67. The number of hydrazone groups is 1.